The van der Waals surface area contributed by atoms with Crippen LogP contribution in [-0.4, -0.2) is 40.0 Å². The van der Waals surface area contributed by atoms with E-state index in [0.717, 1.165) is 51.1 Å². The van der Waals surface area contributed by atoms with Crippen LogP contribution in [0.25, 0.3) is 10.9 Å². The fourth-order valence-electron chi connectivity index (χ4n) is 4.97. The number of carbonyl (C=O) groups is 1. The van der Waals surface area contributed by atoms with Crippen molar-refractivity contribution in [2.75, 3.05) is 19.6 Å². The van der Waals surface area contributed by atoms with Crippen molar-refractivity contribution in [2.24, 2.45) is 0 Å². The lowest BCUT2D eigenvalue weighted by atomic mass is 10.1. The van der Waals surface area contributed by atoms with Crippen molar-refractivity contribution < 1.29 is 4.79 Å². The molecule has 1 amide bonds. The number of nitrogens with zero attached hydrogens (tertiary/aromatic N) is 3. The maximum Gasteiger partial charge on any atom is 0.261 e. The maximum atomic E-state index is 13.0. The predicted molar refractivity (Wildman–Crippen MR) is 128 cm³/mol. The highest BCUT2D eigenvalue weighted by molar-refractivity contribution is 7.10. The third-order valence-corrected chi connectivity index (χ3v) is 7.71. The van der Waals surface area contributed by atoms with Gasteiger partial charge in [0.2, 0.25) is 0 Å². The molecule has 0 bridgehead atoms. The molecule has 2 aromatic heterocycles. The van der Waals surface area contributed by atoms with E-state index < -0.39 is 0 Å². The Bertz CT molecular complexity index is 1150. The molecular formula is C25H30N4O2S. The number of hydrogen-bond donors (Lipinski definition) is 1. The van der Waals surface area contributed by atoms with Gasteiger partial charge >= 0.3 is 0 Å². The average molecular weight is 451 g/mol. The number of fused-ring (bicyclic) bond motifs is 2. The lowest BCUT2D eigenvalue weighted by Crippen LogP contribution is -2.36. The van der Waals surface area contributed by atoms with Crippen molar-refractivity contribution in [3.05, 3.63) is 62.3 Å². The Kier molecular flexibility index (Phi) is 6.37. The molecule has 0 unspecified atom stereocenters. The number of rotatable bonds is 5. The topological polar surface area (TPSA) is 67.2 Å². The first-order chi connectivity index (χ1) is 15.7. The third-order valence-electron chi connectivity index (χ3n) is 6.74. The second-order valence-corrected chi connectivity index (χ2v) is 9.84. The van der Waals surface area contributed by atoms with E-state index in [1.807, 2.05) is 4.57 Å². The molecule has 2 aliphatic heterocycles. The van der Waals surface area contributed by atoms with Crippen LogP contribution in [0.2, 0.25) is 0 Å². The second-order valence-electron chi connectivity index (χ2n) is 8.87. The second kappa shape index (κ2) is 9.55. The number of nitrogens with one attached hydrogen (secondary N) is 1. The molecule has 6 nitrogen and oxygen atoms in total. The average Bonchev–Trinajstić information content (AvgIpc) is 3.50. The Morgan fingerprint density at radius 1 is 1.06 bits per heavy atom. The summed E-state index contributed by atoms with van der Waals surface area (Å²) < 4.78 is 1.84. The molecule has 7 heteroatoms. The van der Waals surface area contributed by atoms with E-state index in [2.05, 4.69) is 27.7 Å². The van der Waals surface area contributed by atoms with Crippen molar-refractivity contribution in [1.82, 2.24) is 19.8 Å². The molecule has 1 aromatic carbocycles. The summed E-state index contributed by atoms with van der Waals surface area (Å²) in [5, 5.41) is 5.83. The number of likely N-dealkylation sites (tertiary alicyclic amines) is 1. The Morgan fingerprint density at radius 2 is 1.88 bits per heavy atom. The molecule has 3 aromatic rings. The quantitative estimate of drug-likeness (QED) is 0.634. The first kappa shape index (κ1) is 21.3. The van der Waals surface area contributed by atoms with Crippen LogP contribution in [0.5, 0.6) is 0 Å². The third kappa shape index (κ3) is 4.36. The number of amides is 1. The molecule has 0 spiro atoms. The zero-order chi connectivity index (χ0) is 21.9. The Morgan fingerprint density at radius 3 is 2.69 bits per heavy atom. The van der Waals surface area contributed by atoms with Gasteiger partial charge in [-0.3, -0.25) is 19.1 Å². The highest BCUT2D eigenvalue weighted by Crippen LogP contribution is 2.28. The monoisotopic (exact) mass is 450 g/mol. The van der Waals surface area contributed by atoms with Gasteiger partial charge in [0.25, 0.3) is 11.5 Å². The minimum absolute atomic E-state index is 0.0191. The summed E-state index contributed by atoms with van der Waals surface area (Å²) in [7, 11) is 0. The van der Waals surface area contributed by atoms with Crippen molar-refractivity contribution in [1.29, 1.82) is 0 Å². The van der Waals surface area contributed by atoms with Crippen molar-refractivity contribution in [3.8, 4) is 0 Å². The molecule has 1 N–H and O–H groups in total. The number of aryl methyl sites for hydroxylation is 1. The summed E-state index contributed by atoms with van der Waals surface area (Å²) in [4.78, 5) is 34.6. The minimum atomic E-state index is -0.110. The van der Waals surface area contributed by atoms with E-state index in [4.69, 9.17) is 4.98 Å². The SMILES string of the molecule is O=C(NC[C@@H](c1cccs1)N1CCCC1)c1ccc2c(=O)n3c(nc2c1)CCCCCC3. The standard InChI is InChI=1S/C25H30N4O2S/c30-24(26-17-21(22-8-7-15-32-22)28-12-5-6-13-28)18-10-11-19-20(16-18)27-23-9-3-1-2-4-14-29(23)25(19)31/h7-8,10-11,15-16,21H,1-6,9,12-14,17H2,(H,26,30)/t21-/m0/s1. The smallest absolute Gasteiger partial charge is 0.261 e. The zero-order valence-electron chi connectivity index (χ0n) is 18.4. The Labute approximate surface area is 192 Å². The van der Waals surface area contributed by atoms with E-state index in [9.17, 15) is 9.59 Å². The molecule has 1 atom stereocenters. The highest BCUT2D eigenvalue weighted by atomic mass is 32.1. The fraction of sp³-hybridized carbons (Fsp3) is 0.480. The molecule has 5 rings (SSSR count). The fourth-order valence-corrected chi connectivity index (χ4v) is 5.83. The molecule has 1 fully saturated rings. The Balaban J connectivity index is 1.37. The van der Waals surface area contributed by atoms with Gasteiger partial charge in [-0.15, -0.1) is 11.3 Å². The van der Waals surface area contributed by atoms with Gasteiger partial charge in [0.1, 0.15) is 5.82 Å². The van der Waals surface area contributed by atoms with Crippen LogP contribution >= 0.6 is 11.3 Å². The van der Waals surface area contributed by atoms with Gasteiger partial charge in [-0.25, -0.2) is 4.98 Å². The zero-order valence-corrected chi connectivity index (χ0v) is 19.2. The molecule has 4 heterocycles. The van der Waals surface area contributed by atoms with E-state index in [1.54, 1.807) is 29.5 Å². The summed E-state index contributed by atoms with van der Waals surface area (Å²) in [5.41, 5.74) is 1.21. The van der Waals surface area contributed by atoms with Crippen molar-refractivity contribution in [3.63, 3.8) is 0 Å². The lowest BCUT2D eigenvalue weighted by molar-refractivity contribution is 0.0938. The summed E-state index contributed by atoms with van der Waals surface area (Å²) >= 11 is 1.75. The lowest BCUT2D eigenvalue weighted by Gasteiger charge is -2.27. The summed E-state index contributed by atoms with van der Waals surface area (Å²) in [6, 6.07) is 9.74. The van der Waals surface area contributed by atoms with E-state index >= 15 is 0 Å². The molecule has 0 aliphatic carbocycles. The first-order valence-corrected chi connectivity index (χ1v) is 12.7. The van der Waals surface area contributed by atoms with Crippen LogP contribution < -0.4 is 10.9 Å². The van der Waals surface area contributed by atoms with E-state index in [0.29, 0.717) is 23.0 Å². The Hall–Kier alpha value is -2.51. The number of aromatic nitrogens is 2. The summed E-state index contributed by atoms with van der Waals surface area (Å²) in [6.07, 6.45) is 7.66. The van der Waals surface area contributed by atoms with Gasteiger partial charge in [-0.05, 0) is 68.4 Å². The molecule has 168 valence electrons. The van der Waals surface area contributed by atoms with Gasteiger partial charge in [0, 0.05) is 30.0 Å². The number of carbonyl (C=O) groups excluding carboxylic acids is 1. The number of thiophene rings is 1. The largest absolute Gasteiger partial charge is 0.350 e. The van der Waals surface area contributed by atoms with E-state index in [-0.39, 0.29) is 17.5 Å². The van der Waals surface area contributed by atoms with Crippen LogP contribution in [-0.2, 0) is 13.0 Å². The number of benzene rings is 1. The molecular weight excluding hydrogens is 420 g/mol. The van der Waals surface area contributed by atoms with Crippen molar-refractivity contribution in [2.45, 2.75) is 57.5 Å². The first-order valence-electron chi connectivity index (χ1n) is 11.8. The van der Waals surface area contributed by atoms with Crippen LogP contribution in [0.4, 0.5) is 0 Å². The summed E-state index contributed by atoms with van der Waals surface area (Å²) in [5.74, 6) is 0.743. The normalized spacial score (nSPS) is 18.1. The molecule has 0 saturated carbocycles. The van der Waals surface area contributed by atoms with Crippen LogP contribution in [0.3, 0.4) is 0 Å². The predicted octanol–water partition coefficient (Wildman–Crippen LogP) is 4.14. The maximum absolute atomic E-state index is 13.0. The van der Waals surface area contributed by atoms with Gasteiger partial charge in [0.05, 0.1) is 16.9 Å². The van der Waals surface area contributed by atoms with Gasteiger partial charge < -0.3 is 5.32 Å². The van der Waals surface area contributed by atoms with Crippen molar-refractivity contribution >= 4 is 28.1 Å². The molecule has 2 aliphatic rings. The highest BCUT2D eigenvalue weighted by Gasteiger charge is 2.25. The molecule has 1 saturated heterocycles. The van der Waals surface area contributed by atoms with Gasteiger partial charge in [0.15, 0.2) is 0 Å². The minimum Gasteiger partial charge on any atom is -0.350 e. The number of hydrogen-bond acceptors (Lipinski definition) is 5. The van der Waals surface area contributed by atoms with Gasteiger partial charge in [-0.2, -0.15) is 0 Å². The van der Waals surface area contributed by atoms with Crippen LogP contribution in [0, 0.1) is 0 Å². The van der Waals surface area contributed by atoms with Gasteiger partial charge in [-0.1, -0.05) is 18.9 Å². The van der Waals surface area contributed by atoms with Crippen LogP contribution in [0.1, 0.15) is 65.6 Å². The molecule has 32 heavy (non-hydrogen) atoms. The summed E-state index contributed by atoms with van der Waals surface area (Å²) in [6.45, 7) is 3.47. The molecule has 0 radical (unpaired) electrons. The van der Waals surface area contributed by atoms with E-state index in [1.165, 1.54) is 24.1 Å². The van der Waals surface area contributed by atoms with Crippen LogP contribution in [0.15, 0.2) is 40.5 Å².